The van der Waals surface area contributed by atoms with Gasteiger partial charge in [0.05, 0.1) is 13.0 Å². The number of rotatable bonds is 6. The van der Waals surface area contributed by atoms with E-state index in [0.29, 0.717) is 19.1 Å². The minimum atomic E-state index is -0.865. The number of aliphatic carboxylic acids is 1. The lowest BCUT2D eigenvalue weighted by atomic mass is 10.0. The first kappa shape index (κ1) is 14.1. The number of nitrogens with zero attached hydrogens (tertiary/aromatic N) is 1. The summed E-state index contributed by atoms with van der Waals surface area (Å²) in [7, 11) is 0. The van der Waals surface area contributed by atoms with Crippen molar-refractivity contribution in [3.8, 4) is 0 Å². The first-order chi connectivity index (χ1) is 9.08. The molecule has 1 saturated carbocycles. The highest BCUT2D eigenvalue weighted by Crippen LogP contribution is 2.27. The van der Waals surface area contributed by atoms with E-state index in [4.69, 9.17) is 9.84 Å². The maximum absolute atomic E-state index is 12.2. The fourth-order valence-electron chi connectivity index (χ4n) is 2.39. The predicted octanol–water partition coefficient (Wildman–Crippen LogP) is 1.06. The largest absolute Gasteiger partial charge is 0.481 e. The zero-order valence-electron chi connectivity index (χ0n) is 11.3. The highest BCUT2D eigenvalue weighted by molar-refractivity contribution is 5.76. The Kier molecular flexibility index (Phi) is 4.63. The van der Waals surface area contributed by atoms with Gasteiger partial charge in [-0.2, -0.15) is 0 Å². The van der Waals surface area contributed by atoms with Crippen molar-refractivity contribution in [1.82, 2.24) is 10.2 Å². The third-order valence-electron chi connectivity index (χ3n) is 3.84. The van der Waals surface area contributed by atoms with Crippen LogP contribution < -0.4 is 5.32 Å². The second kappa shape index (κ2) is 6.23. The van der Waals surface area contributed by atoms with E-state index in [1.165, 1.54) is 0 Å². The first-order valence-electron chi connectivity index (χ1n) is 6.94. The van der Waals surface area contributed by atoms with Crippen LogP contribution in [0.1, 0.15) is 32.6 Å². The van der Waals surface area contributed by atoms with Gasteiger partial charge < -0.3 is 20.1 Å². The molecule has 1 aliphatic carbocycles. The Bertz CT molecular complexity index is 338. The lowest BCUT2D eigenvalue weighted by Gasteiger charge is -2.26. The molecular formula is C13H22N2O4. The zero-order chi connectivity index (χ0) is 13.8. The number of carbonyl (C=O) groups is 2. The zero-order valence-corrected chi connectivity index (χ0v) is 11.3. The van der Waals surface area contributed by atoms with E-state index in [0.717, 1.165) is 25.9 Å². The number of nitrogens with one attached hydrogen (secondary N) is 1. The van der Waals surface area contributed by atoms with Crippen molar-refractivity contribution < 1.29 is 19.4 Å². The van der Waals surface area contributed by atoms with Gasteiger partial charge in [-0.3, -0.25) is 4.79 Å². The van der Waals surface area contributed by atoms with E-state index in [9.17, 15) is 9.59 Å². The van der Waals surface area contributed by atoms with Crippen molar-refractivity contribution in [1.29, 1.82) is 0 Å². The molecule has 0 bridgehead atoms. The topological polar surface area (TPSA) is 78.9 Å². The number of carboxylic acid groups (broad SMARTS) is 1. The predicted molar refractivity (Wildman–Crippen MR) is 68.9 cm³/mol. The van der Waals surface area contributed by atoms with Gasteiger partial charge in [-0.05, 0) is 26.2 Å². The monoisotopic (exact) mass is 270 g/mol. The molecule has 6 heteroatoms. The Hall–Kier alpha value is -1.30. The average Bonchev–Trinajstić information content (AvgIpc) is 3.03. The van der Waals surface area contributed by atoms with Gasteiger partial charge in [-0.1, -0.05) is 0 Å². The maximum atomic E-state index is 12.2. The molecule has 1 heterocycles. The van der Waals surface area contributed by atoms with E-state index in [2.05, 4.69) is 5.32 Å². The number of urea groups is 1. The molecule has 19 heavy (non-hydrogen) atoms. The summed E-state index contributed by atoms with van der Waals surface area (Å²) in [6.45, 7) is 3.73. The van der Waals surface area contributed by atoms with E-state index in [-0.39, 0.29) is 24.5 Å². The minimum absolute atomic E-state index is 0.00480. The summed E-state index contributed by atoms with van der Waals surface area (Å²) < 4.78 is 5.32. The normalized spacial score (nSPS) is 23.9. The molecule has 0 radical (unpaired) electrons. The van der Waals surface area contributed by atoms with Crippen LogP contribution in [-0.4, -0.2) is 53.8 Å². The average molecular weight is 270 g/mol. The fourth-order valence-corrected chi connectivity index (χ4v) is 2.39. The summed E-state index contributed by atoms with van der Waals surface area (Å²) in [5, 5.41) is 11.7. The van der Waals surface area contributed by atoms with Crippen molar-refractivity contribution in [3.05, 3.63) is 0 Å². The van der Waals surface area contributed by atoms with Gasteiger partial charge in [-0.25, -0.2) is 4.79 Å². The van der Waals surface area contributed by atoms with Crippen LogP contribution in [0, 0.1) is 5.92 Å². The summed E-state index contributed by atoms with van der Waals surface area (Å²) in [5.41, 5.74) is 0. The van der Waals surface area contributed by atoms with Crippen molar-refractivity contribution in [3.63, 3.8) is 0 Å². The van der Waals surface area contributed by atoms with Crippen LogP contribution in [0.15, 0.2) is 0 Å². The second-order valence-electron chi connectivity index (χ2n) is 5.43. The Balaban J connectivity index is 1.82. The van der Waals surface area contributed by atoms with Gasteiger partial charge in [0.15, 0.2) is 0 Å². The molecule has 2 amide bonds. The number of hydrogen-bond donors (Lipinski definition) is 2. The SMILES string of the molecule is CC(NC(=O)N(CCC(=O)O)C1CC1)C1CCOC1. The van der Waals surface area contributed by atoms with E-state index in [1.807, 2.05) is 6.92 Å². The summed E-state index contributed by atoms with van der Waals surface area (Å²) >= 11 is 0. The van der Waals surface area contributed by atoms with Gasteiger partial charge in [0.1, 0.15) is 0 Å². The standard InChI is InChI=1S/C13H22N2O4/c1-9(10-5-7-19-8-10)14-13(18)15(11-2-3-11)6-4-12(16)17/h9-11H,2-8H2,1H3,(H,14,18)(H,16,17). The van der Waals surface area contributed by atoms with Crippen molar-refractivity contribution in [2.24, 2.45) is 5.92 Å². The number of carbonyl (C=O) groups excluding carboxylic acids is 1. The molecule has 2 N–H and O–H groups in total. The summed E-state index contributed by atoms with van der Waals surface area (Å²) in [6, 6.07) is 0.163. The number of hydrogen-bond acceptors (Lipinski definition) is 3. The summed E-state index contributed by atoms with van der Waals surface area (Å²) in [6.07, 6.45) is 2.94. The van der Waals surface area contributed by atoms with Crippen LogP contribution in [0.5, 0.6) is 0 Å². The molecule has 0 aromatic heterocycles. The fraction of sp³-hybridized carbons (Fsp3) is 0.846. The second-order valence-corrected chi connectivity index (χ2v) is 5.43. The molecule has 2 aliphatic rings. The molecule has 2 rings (SSSR count). The van der Waals surface area contributed by atoms with Crippen LogP contribution >= 0.6 is 0 Å². The van der Waals surface area contributed by atoms with E-state index < -0.39 is 5.97 Å². The van der Waals surface area contributed by atoms with Crippen molar-refractivity contribution in [2.45, 2.75) is 44.7 Å². The molecule has 1 saturated heterocycles. The molecule has 1 aliphatic heterocycles. The molecule has 2 unspecified atom stereocenters. The van der Waals surface area contributed by atoms with Gasteiger partial charge in [0, 0.05) is 31.2 Å². The van der Waals surface area contributed by atoms with Gasteiger partial charge >= 0.3 is 12.0 Å². The number of amides is 2. The highest BCUT2D eigenvalue weighted by Gasteiger charge is 2.34. The van der Waals surface area contributed by atoms with E-state index in [1.54, 1.807) is 4.90 Å². The highest BCUT2D eigenvalue weighted by atomic mass is 16.5. The Labute approximate surface area is 113 Å². The molecule has 2 fully saturated rings. The van der Waals surface area contributed by atoms with Crippen molar-refractivity contribution in [2.75, 3.05) is 19.8 Å². The molecular weight excluding hydrogens is 248 g/mol. The van der Waals surface area contributed by atoms with Crippen LogP contribution in [0.2, 0.25) is 0 Å². The summed E-state index contributed by atoms with van der Waals surface area (Å²) in [4.78, 5) is 24.5. The molecule has 0 aromatic rings. The van der Waals surface area contributed by atoms with Crippen molar-refractivity contribution >= 4 is 12.0 Å². The Morgan fingerprint density at radius 2 is 2.16 bits per heavy atom. The van der Waals surface area contributed by atoms with Gasteiger partial charge in [0.25, 0.3) is 0 Å². The first-order valence-corrected chi connectivity index (χ1v) is 6.94. The lowest BCUT2D eigenvalue weighted by Crippen LogP contribution is -2.48. The molecule has 2 atom stereocenters. The van der Waals surface area contributed by atoms with Crippen LogP contribution in [0.3, 0.4) is 0 Å². The Morgan fingerprint density at radius 1 is 1.42 bits per heavy atom. The molecule has 0 aromatic carbocycles. The van der Waals surface area contributed by atoms with Crippen LogP contribution in [-0.2, 0) is 9.53 Å². The third kappa shape index (κ3) is 4.09. The van der Waals surface area contributed by atoms with Gasteiger partial charge in [0.2, 0.25) is 0 Å². The summed E-state index contributed by atoms with van der Waals surface area (Å²) in [5.74, 6) is -0.500. The molecule has 6 nitrogen and oxygen atoms in total. The lowest BCUT2D eigenvalue weighted by molar-refractivity contribution is -0.137. The smallest absolute Gasteiger partial charge is 0.317 e. The quantitative estimate of drug-likeness (QED) is 0.756. The van der Waals surface area contributed by atoms with E-state index >= 15 is 0 Å². The third-order valence-corrected chi connectivity index (χ3v) is 3.84. The molecule has 108 valence electrons. The van der Waals surface area contributed by atoms with Crippen LogP contribution in [0.4, 0.5) is 4.79 Å². The number of carboxylic acids is 1. The maximum Gasteiger partial charge on any atom is 0.317 e. The van der Waals surface area contributed by atoms with Crippen LogP contribution in [0.25, 0.3) is 0 Å². The minimum Gasteiger partial charge on any atom is -0.481 e. The Morgan fingerprint density at radius 3 is 2.68 bits per heavy atom. The number of ether oxygens (including phenoxy) is 1. The van der Waals surface area contributed by atoms with Gasteiger partial charge in [-0.15, -0.1) is 0 Å². The molecule has 0 spiro atoms.